The van der Waals surface area contributed by atoms with Crippen LogP contribution in [-0.4, -0.2) is 41.2 Å². The molecule has 1 aliphatic heterocycles. The Morgan fingerprint density at radius 1 is 1.26 bits per heavy atom. The third-order valence-corrected chi connectivity index (χ3v) is 5.64. The minimum atomic E-state index is -0.854. The Bertz CT molecular complexity index is 1440. The van der Waals surface area contributed by atoms with Crippen molar-refractivity contribution in [3.63, 3.8) is 0 Å². The fourth-order valence-corrected chi connectivity index (χ4v) is 3.72. The highest BCUT2D eigenvalue weighted by atomic mass is 16.5. The number of aromatic nitrogens is 2. The molecule has 4 rings (SSSR count). The number of hydrogen-bond acceptors (Lipinski definition) is 9. The molecule has 1 aromatic heterocycles. The number of aryl methyl sites for hydroxylation is 1. The zero-order valence-electron chi connectivity index (χ0n) is 19.2. The molecule has 2 aromatic carbocycles. The first-order valence-electron chi connectivity index (χ1n) is 10.5. The number of rotatable bonds is 7. The minimum absolute atomic E-state index is 0.0214. The molecule has 180 valence electrons. The third-order valence-electron chi connectivity index (χ3n) is 5.64. The van der Waals surface area contributed by atoms with E-state index in [0.29, 0.717) is 23.3 Å². The summed E-state index contributed by atoms with van der Waals surface area (Å²) in [6, 6.07) is 2.83. The van der Waals surface area contributed by atoms with Crippen molar-refractivity contribution in [2.75, 3.05) is 34.6 Å². The zero-order valence-corrected chi connectivity index (χ0v) is 19.2. The molecule has 0 bridgehead atoms. The first kappa shape index (κ1) is 23.4. The first-order chi connectivity index (χ1) is 16.7. The van der Waals surface area contributed by atoms with E-state index < -0.39 is 22.8 Å². The van der Waals surface area contributed by atoms with Gasteiger partial charge in [0, 0.05) is 24.9 Å². The molecule has 0 fully saturated rings. The predicted octanol–water partition coefficient (Wildman–Crippen LogP) is 1.79. The van der Waals surface area contributed by atoms with Crippen LogP contribution in [0.5, 0.6) is 11.5 Å². The van der Waals surface area contributed by atoms with Crippen molar-refractivity contribution in [2.24, 2.45) is 0 Å². The Morgan fingerprint density at radius 2 is 1.97 bits per heavy atom. The average Bonchev–Trinajstić information content (AvgIpc) is 2.88. The number of carbonyl (C=O) groups excluding carboxylic acids is 2. The van der Waals surface area contributed by atoms with Gasteiger partial charge in [-0.05, 0) is 24.1 Å². The molecule has 12 heteroatoms. The highest BCUT2D eigenvalue weighted by molar-refractivity contribution is 6.06. The fraction of sp³-hybridized carbons (Fsp3) is 0.217. The molecule has 0 saturated heterocycles. The van der Waals surface area contributed by atoms with E-state index in [2.05, 4.69) is 27.2 Å². The van der Waals surface area contributed by atoms with Crippen molar-refractivity contribution in [2.45, 2.75) is 19.9 Å². The summed E-state index contributed by atoms with van der Waals surface area (Å²) in [6.07, 6.45) is 2.97. The minimum Gasteiger partial charge on any atom is -0.505 e. The largest absolute Gasteiger partial charge is 0.505 e. The van der Waals surface area contributed by atoms with Crippen molar-refractivity contribution >= 4 is 40.8 Å². The molecule has 0 atom stereocenters. The molecule has 12 nitrogen and oxygen atoms in total. The van der Waals surface area contributed by atoms with Crippen molar-refractivity contribution < 1.29 is 19.4 Å². The lowest BCUT2D eigenvalue weighted by Gasteiger charge is -2.34. The summed E-state index contributed by atoms with van der Waals surface area (Å²) in [5.41, 5.74) is -0.569. The highest BCUT2D eigenvalue weighted by Crippen LogP contribution is 2.39. The number of phenols is 1. The van der Waals surface area contributed by atoms with Crippen LogP contribution >= 0.6 is 0 Å². The van der Waals surface area contributed by atoms with Crippen molar-refractivity contribution in [3.8, 4) is 11.5 Å². The SMILES string of the molecule is C=CC(=O)Nc1c(Nc2ncc3c(n2)N(C)C(=O)N(c2cc(OC)cc(CC)c2O)C3)c(=O)c1=O. The van der Waals surface area contributed by atoms with Crippen LogP contribution in [0.2, 0.25) is 0 Å². The van der Waals surface area contributed by atoms with Crippen LogP contribution in [0.25, 0.3) is 0 Å². The number of ether oxygens (including phenoxy) is 1. The van der Waals surface area contributed by atoms with Crippen LogP contribution in [-0.2, 0) is 17.8 Å². The molecule has 35 heavy (non-hydrogen) atoms. The van der Waals surface area contributed by atoms with Gasteiger partial charge in [0.1, 0.15) is 28.7 Å². The van der Waals surface area contributed by atoms with E-state index in [-0.39, 0.29) is 41.1 Å². The van der Waals surface area contributed by atoms with E-state index in [0.717, 1.165) is 6.08 Å². The summed E-state index contributed by atoms with van der Waals surface area (Å²) in [4.78, 5) is 59.7. The van der Waals surface area contributed by atoms with Crippen LogP contribution in [0, 0.1) is 0 Å². The standard InChI is InChI=1S/C23H22N6O6/c1-5-11-7-13(35-4)8-14(18(11)31)29-10-12-9-24-22(27-21(12)28(3)23(29)34)26-17-16(19(32)20(17)33)25-15(30)6-2/h6-9,31H,2,5,10H2,1,3-4H3,(H,25,30)(H,24,26,27). The monoisotopic (exact) mass is 478 g/mol. The highest BCUT2D eigenvalue weighted by Gasteiger charge is 2.33. The summed E-state index contributed by atoms with van der Waals surface area (Å²) in [7, 11) is 3.01. The quantitative estimate of drug-likeness (QED) is 0.341. The van der Waals surface area contributed by atoms with Gasteiger partial charge < -0.3 is 20.5 Å². The van der Waals surface area contributed by atoms with Crippen LogP contribution in [0.3, 0.4) is 0 Å². The summed E-state index contributed by atoms with van der Waals surface area (Å²) in [5, 5.41) is 15.6. The van der Waals surface area contributed by atoms with Gasteiger partial charge in [0.25, 0.3) is 10.9 Å². The van der Waals surface area contributed by atoms with Crippen molar-refractivity contribution in [3.05, 3.63) is 62.6 Å². The number of urea groups is 1. The van der Waals surface area contributed by atoms with Crippen molar-refractivity contribution in [1.82, 2.24) is 9.97 Å². The molecular formula is C23H22N6O6. The number of benzene rings is 1. The molecule has 3 amide bonds. The third kappa shape index (κ3) is 3.94. The molecule has 0 aliphatic carbocycles. The topological polar surface area (TPSA) is 154 Å². The molecule has 3 aromatic rings. The first-order valence-corrected chi connectivity index (χ1v) is 10.5. The average molecular weight is 478 g/mol. The van der Waals surface area contributed by atoms with Gasteiger partial charge in [-0.2, -0.15) is 4.98 Å². The Kier molecular flexibility index (Phi) is 5.95. The van der Waals surface area contributed by atoms with Gasteiger partial charge in [-0.25, -0.2) is 9.78 Å². The van der Waals surface area contributed by atoms with Crippen LogP contribution in [0.15, 0.2) is 40.6 Å². The van der Waals surface area contributed by atoms with Gasteiger partial charge in [0.05, 0.1) is 19.3 Å². The number of amides is 3. The van der Waals surface area contributed by atoms with E-state index in [9.17, 15) is 24.3 Å². The molecule has 1 aliphatic rings. The van der Waals surface area contributed by atoms with Crippen molar-refractivity contribution in [1.29, 1.82) is 0 Å². The van der Waals surface area contributed by atoms with Crippen LogP contribution in [0.4, 0.5) is 33.6 Å². The molecule has 0 radical (unpaired) electrons. The van der Waals surface area contributed by atoms with Crippen LogP contribution < -0.4 is 36.0 Å². The Labute approximate surface area is 199 Å². The van der Waals surface area contributed by atoms with E-state index in [1.807, 2.05) is 6.92 Å². The lowest BCUT2D eigenvalue weighted by molar-refractivity contribution is -0.111. The number of nitrogens with zero attached hydrogens (tertiary/aromatic N) is 4. The Balaban J connectivity index is 1.66. The molecule has 2 heterocycles. The van der Waals surface area contributed by atoms with Gasteiger partial charge in [-0.3, -0.25) is 24.2 Å². The number of aromatic hydroxyl groups is 1. The van der Waals surface area contributed by atoms with E-state index >= 15 is 0 Å². The molecule has 0 spiro atoms. The van der Waals surface area contributed by atoms with Gasteiger partial charge in [-0.1, -0.05) is 13.5 Å². The van der Waals surface area contributed by atoms with Gasteiger partial charge >= 0.3 is 6.03 Å². The summed E-state index contributed by atoms with van der Waals surface area (Å²) in [6.45, 7) is 5.25. The lowest BCUT2D eigenvalue weighted by atomic mass is 10.1. The predicted molar refractivity (Wildman–Crippen MR) is 130 cm³/mol. The number of carbonyl (C=O) groups is 2. The van der Waals surface area contributed by atoms with E-state index in [1.54, 1.807) is 12.1 Å². The fourth-order valence-electron chi connectivity index (χ4n) is 3.72. The number of phenolic OH excluding ortho intramolecular Hbond substituents is 1. The second-order valence-electron chi connectivity index (χ2n) is 7.70. The lowest BCUT2D eigenvalue weighted by Crippen LogP contribution is -2.46. The van der Waals surface area contributed by atoms with E-state index in [4.69, 9.17) is 4.74 Å². The second kappa shape index (κ2) is 8.89. The van der Waals surface area contributed by atoms with Gasteiger partial charge in [0.15, 0.2) is 0 Å². The summed E-state index contributed by atoms with van der Waals surface area (Å²) < 4.78 is 5.32. The smallest absolute Gasteiger partial charge is 0.330 e. The normalized spacial score (nSPS) is 12.9. The van der Waals surface area contributed by atoms with Gasteiger partial charge in [-0.15, -0.1) is 0 Å². The number of nitrogens with one attached hydrogen (secondary N) is 2. The Hall–Kier alpha value is -4.74. The summed E-state index contributed by atoms with van der Waals surface area (Å²) in [5.74, 6) is 0.0580. The Morgan fingerprint density at radius 3 is 2.63 bits per heavy atom. The van der Waals surface area contributed by atoms with Gasteiger partial charge in [0.2, 0.25) is 11.9 Å². The molecule has 3 N–H and O–H groups in total. The molecule has 0 unspecified atom stereocenters. The number of anilines is 5. The molecule has 0 saturated carbocycles. The maximum atomic E-state index is 13.2. The number of hydrogen-bond donors (Lipinski definition) is 3. The van der Waals surface area contributed by atoms with Crippen LogP contribution in [0.1, 0.15) is 18.1 Å². The summed E-state index contributed by atoms with van der Waals surface area (Å²) >= 11 is 0. The maximum Gasteiger partial charge on any atom is 0.330 e. The molecular weight excluding hydrogens is 456 g/mol. The second-order valence-corrected chi connectivity index (χ2v) is 7.70. The zero-order chi connectivity index (χ0) is 25.4. The maximum absolute atomic E-state index is 13.2. The van der Waals surface area contributed by atoms with E-state index in [1.165, 1.54) is 30.2 Å². The number of methoxy groups -OCH3 is 1. The number of fused-ring (bicyclic) bond motifs is 1.